The highest BCUT2D eigenvalue weighted by Gasteiger charge is 2.56. The lowest BCUT2D eigenvalue weighted by Crippen LogP contribution is -2.43. The molecule has 1 aliphatic heterocycles. The van der Waals surface area contributed by atoms with Crippen LogP contribution in [0.2, 0.25) is 0 Å². The second-order valence-corrected chi connectivity index (χ2v) is 6.06. The number of hydrogen-bond donors (Lipinski definition) is 5. The predicted molar refractivity (Wildman–Crippen MR) is 90.4 cm³/mol. The lowest BCUT2D eigenvalue weighted by molar-refractivity contribution is -0.139. The van der Waals surface area contributed by atoms with E-state index >= 15 is 0 Å². The van der Waals surface area contributed by atoms with E-state index < -0.39 is 60.9 Å². The van der Waals surface area contributed by atoms with E-state index in [9.17, 15) is 29.0 Å². The molecule has 1 aliphatic rings. The van der Waals surface area contributed by atoms with Crippen LogP contribution in [0.3, 0.4) is 0 Å². The van der Waals surface area contributed by atoms with Crippen molar-refractivity contribution in [1.82, 2.24) is 9.55 Å². The lowest BCUT2D eigenvalue weighted by Gasteiger charge is -2.23. The van der Waals surface area contributed by atoms with E-state index in [0.717, 1.165) is 12.3 Å². The Hall–Kier alpha value is -3.26. The smallest absolute Gasteiger partial charge is 0.351 e. The highest BCUT2D eigenvalue weighted by atomic mass is 19.1. The fourth-order valence-electron chi connectivity index (χ4n) is 2.67. The van der Waals surface area contributed by atoms with Crippen molar-refractivity contribution in [3.63, 3.8) is 0 Å². The molecule has 29 heavy (non-hydrogen) atoms. The highest BCUT2D eigenvalue weighted by molar-refractivity contribution is 5.78. The van der Waals surface area contributed by atoms with Crippen LogP contribution < -0.4 is 11.0 Å². The molecule has 1 fully saturated rings. The number of aromatic nitrogens is 2. The molecule has 1 aromatic heterocycles. The maximum atomic E-state index is 14.4. The van der Waals surface area contributed by atoms with Crippen LogP contribution in [0.15, 0.2) is 22.2 Å². The number of aliphatic hydroxyl groups is 2. The summed E-state index contributed by atoms with van der Waals surface area (Å²) >= 11 is 0. The van der Waals surface area contributed by atoms with Crippen molar-refractivity contribution in [3.8, 4) is 0 Å². The molecule has 0 amide bonds. The number of rotatable bonds is 9. The molecule has 5 atom stereocenters. The number of carboxylic acid groups (broad SMARTS) is 2. The Bertz CT molecular complexity index is 889. The van der Waals surface area contributed by atoms with Gasteiger partial charge in [-0.3, -0.25) is 9.36 Å². The Balaban J connectivity index is 2.25. The van der Waals surface area contributed by atoms with Gasteiger partial charge in [-0.15, -0.1) is 0 Å². The first-order valence-corrected chi connectivity index (χ1v) is 8.12. The maximum Gasteiger partial charge on any atom is 0.351 e. The third kappa shape index (κ3) is 4.60. The largest absolute Gasteiger partial charge is 0.481 e. The molecule has 2 heterocycles. The zero-order chi connectivity index (χ0) is 21.8. The molecule has 0 aliphatic carbocycles. The second kappa shape index (κ2) is 8.83. The molecule has 1 aromatic rings. The van der Waals surface area contributed by atoms with Crippen molar-refractivity contribution in [3.05, 3.63) is 33.2 Å². The second-order valence-electron chi connectivity index (χ2n) is 6.06. The topological polar surface area (TPSA) is 220 Å². The molecule has 15 heteroatoms. The molecule has 0 bridgehead atoms. The summed E-state index contributed by atoms with van der Waals surface area (Å²) in [6.45, 7) is -1.05. The average molecular weight is 416 g/mol. The first-order chi connectivity index (χ1) is 13.6. The fraction of sp³-hybridized carbons (Fsp3) is 0.571. The minimum atomic E-state index is -2.33. The summed E-state index contributed by atoms with van der Waals surface area (Å²) in [5.74, 6) is -2.80. The van der Waals surface area contributed by atoms with Gasteiger partial charge in [0.2, 0.25) is 5.72 Å². The molecule has 0 radical (unpaired) electrons. The first-order valence-electron chi connectivity index (χ1n) is 8.12. The number of nitrogens with zero attached hydrogens (tertiary/aromatic N) is 5. The van der Waals surface area contributed by atoms with Crippen molar-refractivity contribution in [2.24, 2.45) is 5.11 Å². The number of aliphatic carboxylic acids is 2. The van der Waals surface area contributed by atoms with E-state index in [2.05, 4.69) is 20.3 Å². The van der Waals surface area contributed by atoms with Crippen LogP contribution in [0.5, 0.6) is 0 Å². The van der Waals surface area contributed by atoms with Gasteiger partial charge in [-0.2, -0.15) is 4.98 Å². The number of alkyl halides is 1. The van der Waals surface area contributed by atoms with E-state index in [4.69, 9.17) is 20.5 Å². The number of nitrogens with one attached hydrogen (secondary N) is 1. The van der Waals surface area contributed by atoms with Crippen LogP contribution in [0.4, 0.5) is 10.2 Å². The van der Waals surface area contributed by atoms with Crippen molar-refractivity contribution >= 4 is 17.8 Å². The number of azide groups is 1. The summed E-state index contributed by atoms with van der Waals surface area (Å²) in [6.07, 6.45) is -5.84. The Morgan fingerprint density at radius 2 is 2.21 bits per heavy atom. The summed E-state index contributed by atoms with van der Waals surface area (Å²) in [5, 5.41) is 42.5. The summed E-state index contributed by atoms with van der Waals surface area (Å²) in [6, 6.07) is -0.244. The minimum absolute atomic E-state index is 0.221. The van der Waals surface area contributed by atoms with Gasteiger partial charge in [0.05, 0.1) is 6.61 Å². The van der Waals surface area contributed by atoms with Crippen LogP contribution >= 0.6 is 0 Å². The molecule has 0 aromatic carbocycles. The highest BCUT2D eigenvalue weighted by Crippen LogP contribution is 2.39. The zero-order valence-electron chi connectivity index (χ0n) is 14.6. The Labute approximate surface area is 160 Å². The Morgan fingerprint density at radius 1 is 1.52 bits per heavy atom. The van der Waals surface area contributed by atoms with Gasteiger partial charge >= 0.3 is 17.6 Å². The Morgan fingerprint density at radius 3 is 2.72 bits per heavy atom. The van der Waals surface area contributed by atoms with E-state index in [0.29, 0.717) is 4.57 Å². The van der Waals surface area contributed by atoms with Gasteiger partial charge in [-0.1, -0.05) is 5.11 Å². The van der Waals surface area contributed by atoms with Crippen LogP contribution in [-0.2, 0) is 14.3 Å². The summed E-state index contributed by atoms with van der Waals surface area (Å²) < 4.78 is 20.2. The van der Waals surface area contributed by atoms with E-state index in [1.807, 2.05) is 0 Å². The van der Waals surface area contributed by atoms with Gasteiger partial charge in [0.25, 0.3) is 0 Å². The van der Waals surface area contributed by atoms with Gasteiger partial charge in [0.15, 0.2) is 12.4 Å². The normalized spacial score (nSPS) is 27.1. The quantitative estimate of drug-likeness (QED) is 0.191. The van der Waals surface area contributed by atoms with E-state index in [1.165, 1.54) is 0 Å². The minimum Gasteiger partial charge on any atom is -0.481 e. The molecule has 1 saturated heterocycles. The maximum absolute atomic E-state index is 14.4. The zero-order valence-corrected chi connectivity index (χ0v) is 14.6. The van der Waals surface area contributed by atoms with Crippen LogP contribution in [0, 0.1) is 0 Å². The number of carboxylic acids is 2. The van der Waals surface area contributed by atoms with Gasteiger partial charge in [-0.25, -0.2) is 14.0 Å². The molecule has 0 spiro atoms. The molecular weight excluding hydrogens is 399 g/mol. The number of aliphatic hydroxyl groups excluding tert-OH is 2. The van der Waals surface area contributed by atoms with Crippen LogP contribution in [0.25, 0.3) is 10.4 Å². The SMILES string of the molecule is [N-]=[N+]=N[C@]1(CO)O[C@@H](n2ccc(N[C@@H](CCC(=O)O)C(=O)O)nc2=O)[C@@H](F)[C@@H]1O. The summed E-state index contributed by atoms with van der Waals surface area (Å²) in [4.78, 5) is 40.0. The molecule has 158 valence electrons. The Kier molecular flexibility index (Phi) is 6.71. The first kappa shape index (κ1) is 22.0. The summed E-state index contributed by atoms with van der Waals surface area (Å²) in [7, 11) is 0. The molecule has 2 rings (SSSR count). The summed E-state index contributed by atoms with van der Waals surface area (Å²) in [5.41, 5.74) is 5.10. The monoisotopic (exact) mass is 416 g/mol. The van der Waals surface area contributed by atoms with Crippen LogP contribution in [-0.4, -0.2) is 72.6 Å². The van der Waals surface area contributed by atoms with Crippen molar-refractivity contribution in [2.75, 3.05) is 11.9 Å². The van der Waals surface area contributed by atoms with Gasteiger partial charge < -0.3 is 30.5 Å². The van der Waals surface area contributed by atoms with Crippen molar-refractivity contribution in [2.45, 2.75) is 43.1 Å². The molecule has 14 nitrogen and oxygen atoms in total. The lowest BCUT2D eigenvalue weighted by atomic mass is 10.1. The van der Waals surface area contributed by atoms with Gasteiger partial charge in [0, 0.05) is 17.5 Å². The number of anilines is 1. The third-order valence-corrected chi connectivity index (χ3v) is 4.17. The molecule has 0 unspecified atom stereocenters. The van der Waals surface area contributed by atoms with Crippen molar-refractivity contribution < 1.29 is 39.1 Å². The van der Waals surface area contributed by atoms with Gasteiger partial charge in [-0.05, 0) is 18.0 Å². The standard InChI is InChI=1S/C14H17FN6O8/c15-9-10(25)14(5-22,19-20-16)29-11(9)21-4-3-7(18-13(21)28)17-6(12(26)27)1-2-8(23)24/h3-4,6,9-11,22,25H,1-2,5H2,(H,23,24)(H,26,27)(H,17,18,28)/t6-,9-,10-,11+,14+/m0/s1. The van der Waals surface area contributed by atoms with Crippen molar-refractivity contribution in [1.29, 1.82) is 0 Å². The van der Waals surface area contributed by atoms with E-state index in [1.54, 1.807) is 0 Å². The number of halogens is 1. The van der Waals surface area contributed by atoms with E-state index in [-0.39, 0.29) is 12.2 Å². The average Bonchev–Trinajstić information content (AvgIpc) is 2.90. The van der Waals surface area contributed by atoms with Gasteiger partial charge in [0.1, 0.15) is 18.0 Å². The molecule has 0 saturated carbocycles. The molecular formula is C14H17FN6O8. The fourth-order valence-corrected chi connectivity index (χ4v) is 2.67. The number of carbonyl (C=O) groups is 2. The number of hydrogen-bond acceptors (Lipinski definition) is 9. The third-order valence-electron chi connectivity index (χ3n) is 4.17. The molecule has 5 N–H and O–H groups in total. The van der Waals surface area contributed by atoms with Crippen LogP contribution in [0.1, 0.15) is 19.1 Å². The predicted octanol–water partition coefficient (Wildman–Crippen LogP) is -0.800. The number of ether oxygens (including phenoxy) is 1.